The summed E-state index contributed by atoms with van der Waals surface area (Å²) in [4.78, 5) is 13.4. The molecule has 98 valence electrons. The maximum absolute atomic E-state index is 5.35. The molecule has 0 aliphatic carbocycles. The lowest BCUT2D eigenvalue weighted by Gasteiger charge is -2.07. The van der Waals surface area contributed by atoms with Crippen molar-refractivity contribution in [1.82, 2.24) is 20.1 Å². The van der Waals surface area contributed by atoms with Crippen LogP contribution in [0.1, 0.15) is 5.82 Å². The normalized spacial score (nSPS) is 10.8. The molecule has 0 aliphatic heterocycles. The van der Waals surface area contributed by atoms with Crippen LogP contribution in [-0.2, 0) is 6.42 Å². The van der Waals surface area contributed by atoms with Gasteiger partial charge in [-0.3, -0.25) is 5.43 Å². The summed E-state index contributed by atoms with van der Waals surface area (Å²) in [5.41, 5.74) is 2.46. The van der Waals surface area contributed by atoms with Crippen LogP contribution in [0.25, 0.3) is 10.2 Å². The van der Waals surface area contributed by atoms with Gasteiger partial charge in [0.15, 0.2) is 5.82 Å². The Bertz CT molecular complexity index is 666. The maximum atomic E-state index is 5.35. The number of thiophene rings is 1. The summed E-state index contributed by atoms with van der Waals surface area (Å²) in [7, 11) is 0. The minimum absolute atomic E-state index is 0.386. The predicted molar refractivity (Wildman–Crippen MR) is 71.7 cm³/mol. The molecule has 4 N–H and O–H groups in total. The third-order valence-electron chi connectivity index (χ3n) is 2.50. The standard InChI is InChI=1S/C10H11N7OS/c11-16-10-14-8(6-2-4-19-9(6)15-10)12-3-1-7-13-5-18-17-7/h2,4-5H,1,3,11H2,(H2,12,14,15,16). The summed E-state index contributed by atoms with van der Waals surface area (Å²) < 4.78 is 4.67. The molecule has 0 unspecified atom stereocenters. The summed E-state index contributed by atoms with van der Waals surface area (Å²) in [6.45, 7) is 0.644. The number of fused-ring (bicyclic) bond motifs is 1. The fraction of sp³-hybridized carbons (Fsp3) is 0.200. The van der Waals surface area contributed by atoms with Gasteiger partial charge < -0.3 is 9.84 Å². The molecule has 3 rings (SSSR count). The number of nitrogens with one attached hydrogen (secondary N) is 2. The van der Waals surface area contributed by atoms with Crippen LogP contribution in [0.4, 0.5) is 11.8 Å². The van der Waals surface area contributed by atoms with E-state index in [4.69, 9.17) is 5.84 Å². The van der Waals surface area contributed by atoms with E-state index in [9.17, 15) is 0 Å². The van der Waals surface area contributed by atoms with Crippen LogP contribution in [0.2, 0.25) is 0 Å². The van der Waals surface area contributed by atoms with Crippen molar-refractivity contribution in [3.8, 4) is 0 Å². The number of hydrogen-bond donors (Lipinski definition) is 3. The molecule has 0 aliphatic rings. The first-order valence-corrected chi connectivity index (χ1v) is 6.46. The second-order valence-corrected chi connectivity index (χ2v) is 4.60. The first-order chi connectivity index (χ1) is 9.36. The van der Waals surface area contributed by atoms with Gasteiger partial charge in [-0.2, -0.15) is 9.97 Å². The Labute approximate surface area is 112 Å². The molecule has 0 saturated carbocycles. The van der Waals surface area contributed by atoms with Crippen molar-refractivity contribution < 1.29 is 4.52 Å². The van der Waals surface area contributed by atoms with E-state index in [-0.39, 0.29) is 0 Å². The molecule has 9 heteroatoms. The van der Waals surface area contributed by atoms with E-state index in [0.29, 0.717) is 24.7 Å². The highest BCUT2D eigenvalue weighted by Gasteiger charge is 2.08. The van der Waals surface area contributed by atoms with E-state index in [1.165, 1.54) is 17.7 Å². The van der Waals surface area contributed by atoms with Crippen LogP contribution in [0.15, 0.2) is 22.4 Å². The number of aromatic nitrogens is 4. The van der Waals surface area contributed by atoms with Gasteiger partial charge in [0.1, 0.15) is 10.6 Å². The summed E-state index contributed by atoms with van der Waals surface area (Å²) in [6.07, 6.45) is 1.96. The number of nitrogens with zero attached hydrogens (tertiary/aromatic N) is 4. The Morgan fingerprint density at radius 2 is 2.32 bits per heavy atom. The molecule has 0 atom stereocenters. The smallest absolute Gasteiger partial charge is 0.240 e. The molecular weight excluding hydrogens is 266 g/mol. The summed E-state index contributed by atoms with van der Waals surface area (Å²) >= 11 is 1.54. The molecule has 19 heavy (non-hydrogen) atoms. The lowest BCUT2D eigenvalue weighted by atomic mass is 10.3. The molecule has 0 fully saturated rings. The van der Waals surface area contributed by atoms with Gasteiger partial charge >= 0.3 is 0 Å². The predicted octanol–water partition coefficient (Wildman–Crippen LogP) is 1.01. The first-order valence-electron chi connectivity index (χ1n) is 5.58. The van der Waals surface area contributed by atoms with E-state index >= 15 is 0 Å². The number of anilines is 2. The van der Waals surface area contributed by atoms with Gasteiger partial charge in [0.2, 0.25) is 12.3 Å². The Morgan fingerprint density at radius 3 is 3.11 bits per heavy atom. The van der Waals surface area contributed by atoms with Gasteiger partial charge in [-0.25, -0.2) is 10.8 Å². The molecule has 3 aromatic rings. The van der Waals surface area contributed by atoms with Gasteiger partial charge in [-0.1, -0.05) is 5.16 Å². The molecule has 8 nitrogen and oxygen atoms in total. The van der Waals surface area contributed by atoms with Crippen molar-refractivity contribution in [3.05, 3.63) is 23.7 Å². The average Bonchev–Trinajstić information content (AvgIpc) is 3.08. The summed E-state index contributed by atoms with van der Waals surface area (Å²) in [6, 6.07) is 1.97. The molecule has 0 amide bonds. The Kier molecular flexibility index (Phi) is 3.21. The minimum Gasteiger partial charge on any atom is -0.369 e. The topological polar surface area (TPSA) is 115 Å². The van der Waals surface area contributed by atoms with Gasteiger partial charge in [-0.15, -0.1) is 11.3 Å². The summed E-state index contributed by atoms with van der Waals surface area (Å²) in [5, 5.41) is 9.90. The molecule has 0 radical (unpaired) electrons. The Hall–Kier alpha value is -2.26. The van der Waals surface area contributed by atoms with Gasteiger partial charge in [0.05, 0.1) is 5.39 Å². The fourth-order valence-electron chi connectivity index (χ4n) is 1.65. The number of nitrogens with two attached hydrogens (primary N) is 1. The molecule has 0 aromatic carbocycles. The Balaban J connectivity index is 1.77. The highest BCUT2D eigenvalue weighted by Crippen LogP contribution is 2.26. The van der Waals surface area contributed by atoms with E-state index in [2.05, 4.69) is 35.4 Å². The quantitative estimate of drug-likeness (QED) is 0.467. The number of rotatable bonds is 5. The number of hydrogen-bond acceptors (Lipinski definition) is 9. The van der Waals surface area contributed by atoms with Crippen molar-refractivity contribution in [2.75, 3.05) is 17.3 Å². The van der Waals surface area contributed by atoms with Gasteiger partial charge in [-0.05, 0) is 11.4 Å². The fourth-order valence-corrected chi connectivity index (χ4v) is 2.41. The lowest BCUT2D eigenvalue weighted by Crippen LogP contribution is -2.13. The third-order valence-corrected chi connectivity index (χ3v) is 3.31. The molecular formula is C10H11N7OS. The highest BCUT2D eigenvalue weighted by atomic mass is 32.1. The molecule has 0 spiro atoms. The zero-order valence-corrected chi connectivity index (χ0v) is 10.6. The van der Waals surface area contributed by atoms with Crippen LogP contribution in [0.5, 0.6) is 0 Å². The molecule has 3 aromatic heterocycles. The molecule has 0 bridgehead atoms. The number of nitrogen functional groups attached to an aromatic ring is 1. The molecule has 3 heterocycles. The van der Waals surface area contributed by atoms with Crippen molar-refractivity contribution in [3.63, 3.8) is 0 Å². The van der Waals surface area contributed by atoms with Crippen LogP contribution < -0.4 is 16.6 Å². The third kappa shape index (κ3) is 2.46. The van der Waals surface area contributed by atoms with E-state index in [1.54, 1.807) is 0 Å². The van der Waals surface area contributed by atoms with Crippen molar-refractivity contribution in [2.24, 2.45) is 5.84 Å². The maximum Gasteiger partial charge on any atom is 0.240 e. The van der Waals surface area contributed by atoms with Crippen LogP contribution in [0, 0.1) is 0 Å². The van der Waals surface area contributed by atoms with E-state index < -0.39 is 0 Å². The van der Waals surface area contributed by atoms with Crippen molar-refractivity contribution in [2.45, 2.75) is 6.42 Å². The van der Waals surface area contributed by atoms with Crippen LogP contribution >= 0.6 is 11.3 Å². The minimum atomic E-state index is 0.386. The second-order valence-electron chi connectivity index (χ2n) is 3.70. The summed E-state index contributed by atoms with van der Waals surface area (Å²) in [5.74, 6) is 7.13. The second kappa shape index (κ2) is 5.16. The van der Waals surface area contributed by atoms with E-state index in [1.807, 2.05) is 11.4 Å². The van der Waals surface area contributed by atoms with Crippen molar-refractivity contribution in [1.29, 1.82) is 0 Å². The van der Waals surface area contributed by atoms with Crippen LogP contribution in [0.3, 0.4) is 0 Å². The highest BCUT2D eigenvalue weighted by molar-refractivity contribution is 7.16. The van der Waals surface area contributed by atoms with Crippen molar-refractivity contribution >= 4 is 33.3 Å². The van der Waals surface area contributed by atoms with E-state index in [0.717, 1.165) is 16.0 Å². The first kappa shape index (κ1) is 11.8. The molecule has 0 saturated heterocycles. The Morgan fingerprint density at radius 1 is 1.37 bits per heavy atom. The average molecular weight is 277 g/mol. The monoisotopic (exact) mass is 277 g/mol. The lowest BCUT2D eigenvalue weighted by molar-refractivity contribution is 0.410. The zero-order valence-electron chi connectivity index (χ0n) is 9.83. The van der Waals surface area contributed by atoms with Gasteiger partial charge in [0.25, 0.3) is 0 Å². The van der Waals surface area contributed by atoms with Gasteiger partial charge in [0, 0.05) is 13.0 Å². The SMILES string of the molecule is NNc1nc(NCCc2ncon2)c2ccsc2n1. The zero-order chi connectivity index (χ0) is 13.1. The largest absolute Gasteiger partial charge is 0.369 e. The number of hydrazine groups is 1. The van der Waals surface area contributed by atoms with Crippen LogP contribution in [-0.4, -0.2) is 26.7 Å².